The van der Waals surface area contributed by atoms with E-state index in [0.717, 1.165) is 30.8 Å². The Morgan fingerprint density at radius 3 is 2.57 bits per heavy atom. The Balaban J connectivity index is 1.48. The third-order valence-corrected chi connectivity index (χ3v) is 7.93. The van der Waals surface area contributed by atoms with E-state index in [0.29, 0.717) is 30.3 Å². The van der Waals surface area contributed by atoms with Gasteiger partial charge in [-0.2, -0.15) is 5.10 Å². The summed E-state index contributed by atoms with van der Waals surface area (Å²) in [4.78, 5) is 2.32. The number of nitrogens with zero attached hydrogens (tertiary/aromatic N) is 4. The summed E-state index contributed by atoms with van der Waals surface area (Å²) in [6.45, 7) is 1.30. The molecule has 1 saturated carbocycles. The first-order chi connectivity index (χ1) is 13.3. The average Bonchev–Trinajstić information content (AvgIpc) is 3.39. The van der Waals surface area contributed by atoms with Crippen LogP contribution in [0.5, 0.6) is 0 Å². The zero-order valence-corrected chi connectivity index (χ0v) is 17.6. The van der Waals surface area contributed by atoms with E-state index >= 15 is 0 Å². The second-order valence-corrected chi connectivity index (χ2v) is 10.6. The molecule has 2 aliphatic rings. The van der Waals surface area contributed by atoms with Gasteiger partial charge in [0.15, 0.2) is 14.6 Å². The standard InChI is InChI=1S/C19H25FN4O2S2/c1-22-18(10-15-8-9-28(25,26)12-15)21-24(19(22)27)13-23(17-6-7-17)11-14-2-4-16(20)5-3-14/h2-5,15,17H,6-13H2,1H3/t15-/m1/s1. The van der Waals surface area contributed by atoms with Gasteiger partial charge in [0.2, 0.25) is 0 Å². The molecule has 28 heavy (non-hydrogen) atoms. The molecule has 152 valence electrons. The molecule has 6 nitrogen and oxygen atoms in total. The number of aromatic nitrogens is 3. The lowest BCUT2D eigenvalue weighted by atomic mass is 10.1. The molecule has 0 amide bonds. The summed E-state index contributed by atoms with van der Waals surface area (Å²) in [5, 5.41) is 4.71. The lowest BCUT2D eigenvalue weighted by Gasteiger charge is -2.21. The molecule has 0 spiro atoms. The highest BCUT2D eigenvalue weighted by molar-refractivity contribution is 7.91. The molecule has 2 aromatic rings. The monoisotopic (exact) mass is 424 g/mol. The predicted octanol–water partition coefficient (Wildman–Crippen LogP) is 2.69. The fraction of sp³-hybridized carbons (Fsp3) is 0.579. The van der Waals surface area contributed by atoms with Crippen molar-refractivity contribution in [1.29, 1.82) is 0 Å². The number of hydrogen-bond donors (Lipinski definition) is 0. The maximum absolute atomic E-state index is 13.2. The smallest absolute Gasteiger partial charge is 0.198 e. The number of sulfone groups is 1. The molecule has 2 heterocycles. The Morgan fingerprint density at radius 2 is 1.96 bits per heavy atom. The van der Waals surface area contributed by atoms with Crippen molar-refractivity contribution in [3.8, 4) is 0 Å². The molecule has 1 atom stereocenters. The second kappa shape index (κ2) is 7.68. The summed E-state index contributed by atoms with van der Waals surface area (Å²) in [5.41, 5.74) is 1.06. The van der Waals surface area contributed by atoms with Gasteiger partial charge >= 0.3 is 0 Å². The lowest BCUT2D eigenvalue weighted by molar-refractivity contribution is 0.186. The Labute approximate surface area is 169 Å². The van der Waals surface area contributed by atoms with Crippen LogP contribution in [0.1, 0.15) is 30.7 Å². The number of rotatable bonds is 7. The molecule has 0 N–H and O–H groups in total. The molecule has 9 heteroatoms. The van der Waals surface area contributed by atoms with E-state index in [1.165, 1.54) is 12.1 Å². The normalized spacial score (nSPS) is 21.5. The van der Waals surface area contributed by atoms with Crippen LogP contribution in [-0.4, -0.2) is 45.2 Å². The Morgan fingerprint density at radius 1 is 1.25 bits per heavy atom. The van der Waals surface area contributed by atoms with Gasteiger partial charge in [-0.3, -0.25) is 4.90 Å². The van der Waals surface area contributed by atoms with Crippen LogP contribution in [0, 0.1) is 16.5 Å². The molecule has 4 rings (SSSR count). The van der Waals surface area contributed by atoms with Gasteiger partial charge in [0, 0.05) is 26.1 Å². The number of halogens is 1. The van der Waals surface area contributed by atoms with Crippen molar-refractivity contribution in [2.24, 2.45) is 13.0 Å². The Hall–Kier alpha value is -1.58. The average molecular weight is 425 g/mol. The van der Waals surface area contributed by atoms with Gasteiger partial charge in [-0.25, -0.2) is 17.5 Å². The summed E-state index contributed by atoms with van der Waals surface area (Å²) in [6.07, 6.45) is 3.62. The Kier molecular flexibility index (Phi) is 5.41. The summed E-state index contributed by atoms with van der Waals surface area (Å²) in [7, 11) is -1.00. The summed E-state index contributed by atoms with van der Waals surface area (Å²) >= 11 is 5.58. The van der Waals surface area contributed by atoms with Gasteiger partial charge in [-0.15, -0.1) is 0 Å². The van der Waals surface area contributed by atoms with Crippen LogP contribution in [0.2, 0.25) is 0 Å². The van der Waals surface area contributed by atoms with E-state index in [4.69, 9.17) is 17.3 Å². The SMILES string of the molecule is Cn1c(C[C@H]2CCS(=O)(=O)C2)nn(CN(Cc2ccc(F)cc2)C2CC2)c1=S. The van der Waals surface area contributed by atoms with Gasteiger partial charge in [-0.05, 0) is 55.1 Å². The van der Waals surface area contributed by atoms with Crippen LogP contribution in [0.15, 0.2) is 24.3 Å². The van der Waals surface area contributed by atoms with Crippen LogP contribution in [0.25, 0.3) is 0 Å². The van der Waals surface area contributed by atoms with E-state index in [1.807, 2.05) is 28.4 Å². The van der Waals surface area contributed by atoms with Gasteiger partial charge in [0.25, 0.3) is 0 Å². The zero-order chi connectivity index (χ0) is 19.9. The topological polar surface area (TPSA) is 60.1 Å². The fourth-order valence-electron chi connectivity index (χ4n) is 3.82. The van der Waals surface area contributed by atoms with E-state index in [9.17, 15) is 12.8 Å². The Bertz CT molecular complexity index is 1010. The maximum atomic E-state index is 13.2. The maximum Gasteiger partial charge on any atom is 0.198 e. The van der Waals surface area contributed by atoms with Crippen molar-refractivity contribution in [3.05, 3.63) is 46.2 Å². The van der Waals surface area contributed by atoms with Crippen molar-refractivity contribution < 1.29 is 12.8 Å². The molecule has 1 aliphatic heterocycles. The number of benzene rings is 1. The number of hydrogen-bond acceptors (Lipinski definition) is 5. The third-order valence-electron chi connectivity index (χ3n) is 5.61. The second-order valence-electron chi connectivity index (χ2n) is 7.98. The van der Waals surface area contributed by atoms with E-state index in [2.05, 4.69) is 4.90 Å². The molecule has 1 aliphatic carbocycles. The summed E-state index contributed by atoms with van der Waals surface area (Å²) in [5.74, 6) is 1.24. The predicted molar refractivity (Wildman–Crippen MR) is 107 cm³/mol. The minimum Gasteiger partial charge on any atom is -0.307 e. The van der Waals surface area contributed by atoms with Crippen molar-refractivity contribution in [2.45, 2.75) is 44.9 Å². The first kappa shape index (κ1) is 19.7. The molecule has 2 fully saturated rings. The van der Waals surface area contributed by atoms with Crippen molar-refractivity contribution >= 4 is 22.1 Å². The molecule has 0 bridgehead atoms. The molecular weight excluding hydrogens is 399 g/mol. The fourth-order valence-corrected chi connectivity index (χ4v) is 5.89. The largest absolute Gasteiger partial charge is 0.307 e. The van der Waals surface area contributed by atoms with Crippen LogP contribution in [0.4, 0.5) is 4.39 Å². The van der Waals surface area contributed by atoms with E-state index in [1.54, 1.807) is 0 Å². The molecule has 0 unspecified atom stereocenters. The molecular formula is C19H25FN4O2S2. The van der Waals surface area contributed by atoms with Gasteiger partial charge in [0.1, 0.15) is 11.6 Å². The highest BCUT2D eigenvalue weighted by Crippen LogP contribution is 2.29. The van der Waals surface area contributed by atoms with Crippen LogP contribution < -0.4 is 0 Å². The lowest BCUT2D eigenvalue weighted by Crippen LogP contribution is -2.29. The third kappa shape index (κ3) is 4.52. The molecule has 1 saturated heterocycles. The summed E-state index contributed by atoms with van der Waals surface area (Å²) < 4.78 is 41.0. The van der Waals surface area contributed by atoms with E-state index < -0.39 is 9.84 Å². The van der Waals surface area contributed by atoms with Gasteiger partial charge in [0.05, 0.1) is 18.2 Å². The van der Waals surface area contributed by atoms with Crippen LogP contribution in [0.3, 0.4) is 0 Å². The molecule has 1 aromatic carbocycles. The quantitative estimate of drug-likeness (QED) is 0.640. The summed E-state index contributed by atoms with van der Waals surface area (Å²) in [6, 6.07) is 7.10. The van der Waals surface area contributed by atoms with Crippen molar-refractivity contribution in [3.63, 3.8) is 0 Å². The van der Waals surface area contributed by atoms with E-state index in [-0.39, 0.29) is 23.2 Å². The minimum absolute atomic E-state index is 0.118. The van der Waals surface area contributed by atoms with Gasteiger partial charge < -0.3 is 4.57 Å². The van der Waals surface area contributed by atoms with Crippen molar-refractivity contribution in [1.82, 2.24) is 19.2 Å². The van der Waals surface area contributed by atoms with Crippen molar-refractivity contribution in [2.75, 3.05) is 11.5 Å². The first-order valence-corrected chi connectivity index (χ1v) is 11.9. The zero-order valence-electron chi connectivity index (χ0n) is 15.9. The highest BCUT2D eigenvalue weighted by atomic mass is 32.2. The minimum atomic E-state index is -2.90. The first-order valence-electron chi connectivity index (χ1n) is 9.62. The van der Waals surface area contributed by atoms with Crippen LogP contribution >= 0.6 is 12.2 Å². The molecule has 1 aromatic heterocycles. The molecule has 0 radical (unpaired) electrons. The van der Waals surface area contributed by atoms with Crippen LogP contribution in [-0.2, 0) is 36.5 Å². The highest BCUT2D eigenvalue weighted by Gasteiger charge is 2.31. The van der Waals surface area contributed by atoms with Gasteiger partial charge in [-0.1, -0.05) is 12.1 Å².